The van der Waals surface area contributed by atoms with Crippen molar-refractivity contribution in [2.24, 2.45) is 0 Å². The molecule has 0 saturated carbocycles. The first-order chi connectivity index (χ1) is 24.1. The minimum Gasteiger partial charge on any atom is -0.465 e. The van der Waals surface area contributed by atoms with Crippen LogP contribution in [0.1, 0.15) is 116 Å². The Kier molecular flexibility index (Phi) is 20.9. The molecular weight excluding hydrogens is 648 g/mol. The third-order valence-electron chi connectivity index (χ3n) is 6.48. The van der Waals surface area contributed by atoms with E-state index < -0.39 is 35.8 Å². The van der Waals surface area contributed by atoms with E-state index in [1.807, 2.05) is 13.8 Å². The van der Waals surface area contributed by atoms with Gasteiger partial charge in [-0.3, -0.25) is 0 Å². The number of esters is 6. The third-order valence-corrected chi connectivity index (χ3v) is 6.48. The second-order valence-corrected chi connectivity index (χ2v) is 10.0. The van der Waals surface area contributed by atoms with Gasteiger partial charge in [-0.25, -0.2) is 28.8 Å². The standard InChI is InChI=1S/C16H22O4.C12H14O4.C10H10O4/c1-3-5-11-19-15(17)13-9-7-8-10-14(13)16(18)20-12-6-4-2;1-3-15-11(13)9-7-5-6-8-10(9)12(14)16-4-2;1-13-9(11)7-5-3-4-6-8(7)10(12)14-2/h7-10H,3-6,11-12H2,1-2H3;5-8H,3-4H2,1-2H3;3-6H,1-2H3. The van der Waals surface area contributed by atoms with Crippen molar-refractivity contribution >= 4 is 35.8 Å². The summed E-state index contributed by atoms with van der Waals surface area (Å²) in [5.41, 5.74) is 1.43. The van der Waals surface area contributed by atoms with Gasteiger partial charge in [0.25, 0.3) is 0 Å². The van der Waals surface area contributed by atoms with Crippen LogP contribution in [0.3, 0.4) is 0 Å². The number of carbonyl (C=O) groups excluding carboxylic acids is 6. The molecule has 0 spiro atoms. The van der Waals surface area contributed by atoms with Gasteiger partial charge in [-0.15, -0.1) is 0 Å². The number of rotatable bonds is 14. The number of benzene rings is 3. The number of ether oxygens (including phenoxy) is 6. The van der Waals surface area contributed by atoms with Gasteiger partial charge in [-0.05, 0) is 63.1 Å². The molecule has 0 aliphatic heterocycles. The molecule has 0 N–H and O–H groups in total. The van der Waals surface area contributed by atoms with Gasteiger partial charge in [0.05, 0.1) is 74.0 Å². The minimum atomic E-state index is -0.550. The Morgan fingerprint density at radius 3 is 0.860 bits per heavy atom. The van der Waals surface area contributed by atoms with Gasteiger partial charge in [0, 0.05) is 0 Å². The Labute approximate surface area is 293 Å². The summed E-state index contributed by atoms with van der Waals surface area (Å²) in [6, 6.07) is 19.4. The van der Waals surface area contributed by atoms with Crippen LogP contribution in [0.25, 0.3) is 0 Å². The van der Waals surface area contributed by atoms with Gasteiger partial charge in [0.1, 0.15) is 0 Å². The molecule has 0 saturated heterocycles. The third kappa shape index (κ3) is 14.3. The monoisotopic (exact) mass is 694 g/mol. The molecule has 0 atom stereocenters. The molecule has 0 amide bonds. The Balaban J connectivity index is 0.000000382. The van der Waals surface area contributed by atoms with E-state index in [1.54, 1.807) is 74.5 Å². The smallest absolute Gasteiger partial charge is 0.339 e. The van der Waals surface area contributed by atoms with Crippen LogP contribution in [0.15, 0.2) is 72.8 Å². The maximum Gasteiger partial charge on any atom is 0.339 e. The maximum absolute atomic E-state index is 11.9. The number of methoxy groups -OCH3 is 2. The topological polar surface area (TPSA) is 158 Å². The van der Waals surface area contributed by atoms with Crippen molar-refractivity contribution in [1.29, 1.82) is 0 Å². The van der Waals surface area contributed by atoms with Crippen molar-refractivity contribution in [3.8, 4) is 0 Å². The van der Waals surface area contributed by atoms with Crippen molar-refractivity contribution in [3.63, 3.8) is 0 Å². The van der Waals surface area contributed by atoms with Gasteiger partial charge in [0.15, 0.2) is 0 Å². The molecule has 0 heterocycles. The molecule has 0 fully saturated rings. The normalized spacial score (nSPS) is 9.72. The zero-order valence-electron chi connectivity index (χ0n) is 29.5. The maximum atomic E-state index is 11.9. The summed E-state index contributed by atoms with van der Waals surface area (Å²) in [4.78, 5) is 69.4. The lowest BCUT2D eigenvalue weighted by Gasteiger charge is -2.09. The molecule has 0 unspecified atom stereocenters. The van der Waals surface area contributed by atoms with Crippen LogP contribution < -0.4 is 0 Å². The van der Waals surface area contributed by atoms with E-state index in [4.69, 9.17) is 18.9 Å². The first kappa shape index (κ1) is 42.5. The highest BCUT2D eigenvalue weighted by Crippen LogP contribution is 2.14. The van der Waals surface area contributed by atoms with E-state index >= 15 is 0 Å². The Hall–Kier alpha value is -5.52. The SMILES string of the molecule is CCCCOC(=O)c1ccccc1C(=O)OCCCC.CCOC(=O)c1ccccc1C(=O)OCC.COC(=O)c1ccccc1C(=O)OC. The molecule has 0 radical (unpaired) electrons. The van der Waals surface area contributed by atoms with Gasteiger partial charge in [-0.2, -0.15) is 0 Å². The van der Waals surface area contributed by atoms with Crippen LogP contribution in [0.4, 0.5) is 0 Å². The first-order valence-corrected chi connectivity index (χ1v) is 16.2. The van der Waals surface area contributed by atoms with Crippen LogP contribution in [0.2, 0.25) is 0 Å². The lowest BCUT2D eigenvalue weighted by molar-refractivity contribution is 0.0452. The zero-order chi connectivity index (χ0) is 37.3. The summed E-state index contributed by atoms with van der Waals surface area (Å²) in [6.07, 6.45) is 3.53. The molecule has 3 aromatic carbocycles. The quantitative estimate of drug-likeness (QED) is 0.0978. The number of hydrogen-bond acceptors (Lipinski definition) is 12. The van der Waals surface area contributed by atoms with E-state index in [1.165, 1.54) is 26.4 Å². The summed E-state index contributed by atoms with van der Waals surface area (Å²) in [6.45, 7) is 8.75. The fraction of sp³-hybridized carbons (Fsp3) is 0.368. The molecule has 3 rings (SSSR count). The summed E-state index contributed by atoms with van der Waals surface area (Å²) < 4.78 is 29.0. The average molecular weight is 695 g/mol. The van der Waals surface area contributed by atoms with Crippen LogP contribution in [-0.4, -0.2) is 76.5 Å². The van der Waals surface area contributed by atoms with Crippen molar-refractivity contribution in [3.05, 3.63) is 106 Å². The zero-order valence-corrected chi connectivity index (χ0v) is 29.5. The molecular formula is C38H46O12. The van der Waals surface area contributed by atoms with Crippen LogP contribution in [0.5, 0.6) is 0 Å². The van der Waals surface area contributed by atoms with Crippen molar-refractivity contribution in [1.82, 2.24) is 0 Å². The number of hydrogen-bond donors (Lipinski definition) is 0. The van der Waals surface area contributed by atoms with Crippen LogP contribution in [-0.2, 0) is 28.4 Å². The second-order valence-electron chi connectivity index (χ2n) is 10.0. The van der Waals surface area contributed by atoms with E-state index in [2.05, 4.69) is 9.47 Å². The predicted octanol–water partition coefficient (Wildman–Crippen LogP) is 6.90. The summed E-state index contributed by atoms with van der Waals surface area (Å²) in [7, 11) is 2.52. The Morgan fingerprint density at radius 1 is 0.400 bits per heavy atom. The molecule has 0 bridgehead atoms. The Bertz CT molecular complexity index is 1430. The van der Waals surface area contributed by atoms with E-state index in [-0.39, 0.29) is 46.6 Å². The summed E-state index contributed by atoms with van der Waals surface area (Å²) >= 11 is 0. The van der Waals surface area contributed by atoms with Crippen molar-refractivity contribution in [2.45, 2.75) is 53.4 Å². The fourth-order valence-corrected chi connectivity index (χ4v) is 3.93. The predicted molar refractivity (Wildman–Crippen MR) is 184 cm³/mol. The minimum absolute atomic E-state index is 0.210. The highest BCUT2D eigenvalue weighted by Gasteiger charge is 2.20. The lowest BCUT2D eigenvalue weighted by atomic mass is 10.1. The first-order valence-electron chi connectivity index (χ1n) is 16.2. The van der Waals surface area contributed by atoms with E-state index in [9.17, 15) is 28.8 Å². The molecule has 270 valence electrons. The van der Waals surface area contributed by atoms with Gasteiger partial charge in [0.2, 0.25) is 0 Å². The summed E-state index contributed by atoms with van der Waals surface area (Å²) in [5.74, 6) is -3.06. The molecule has 50 heavy (non-hydrogen) atoms. The van der Waals surface area contributed by atoms with E-state index in [0.717, 1.165) is 25.7 Å². The number of carbonyl (C=O) groups is 6. The lowest BCUT2D eigenvalue weighted by Crippen LogP contribution is -2.14. The van der Waals surface area contributed by atoms with Crippen molar-refractivity contribution in [2.75, 3.05) is 40.6 Å². The average Bonchev–Trinajstić information content (AvgIpc) is 3.15. The molecule has 0 aliphatic carbocycles. The molecule has 12 nitrogen and oxygen atoms in total. The van der Waals surface area contributed by atoms with Crippen LogP contribution >= 0.6 is 0 Å². The molecule has 0 aliphatic rings. The van der Waals surface area contributed by atoms with E-state index in [0.29, 0.717) is 13.2 Å². The van der Waals surface area contributed by atoms with Gasteiger partial charge >= 0.3 is 35.8 Å². The number of unbranched alkanes of at least 4 members (excludes halogenated alkanes) is 2. The van der Waals surface area contributed by atoms with Gasteiger partial charge < -0.3 is 28.4 Å². The second kappa shape index (κ2) is 24.6. The Morgan fingerprint density at radius 2 is 0.640 bits per heavy atom. The van der Waals surface area contributed by atoms with Crippen LogP contribution in [0, 0.1) is 0 Å². The van der Waals surface area contributed by atoms with Gasteiger partial charge in [-0.1, -0.05) is 63.1 Å². The summed E-state index contributed by atoms with van der Waals surface area (Å²) in [5, 5.41) is 0. The molecule has 3 aromatic rings. The largest absolute Gasteiger partial charge is 0.465 e. The molecule has 0 aromatic heterocycles. The molecule has 12 heteroatoms. The highest BCUT2D eigenvalue weighted by molar-refractivity contribution is 6.04. The fourth-order valence-electron chi connectivity index (χ4n) is 3.93. The van der Waals surface area contributed by atoms with Crippen molar-refractivity contribution < 1.29 is 57.2 Å². The highest BCUT2D eigenvalue weighted by atomic mass is 16.5.